The number of hydrogen-bond acceptors (Lipinski definition) is 3. The fraction of sp³-hybridized carbons (Fsp3) is 0.478. The fourth-order valence-electron chi connectivity index (χ4n) is 3.61. The third-order valence-electron chi connectivity index (χ3n) is 5.53. The average molecular weight is 534 g/mol. The van der Waals surface area contributed by atoms with Gasteiger partial charge in [-0.15, -0.1) is 0 Å². The molecule has 0 heterocycles. The minimum absolute atomic E-state index is 0.247. The van der Waals surface area contributed by atoms with E-state index in [1.807, 2.05) is 6.92 Å². The van der Waals surface area contributed by atoms with Crippen LogP contribution in [0.3, 0.4) is 0 Å². The number of halogens is 10. The second-order valence-electron chi connectivity index (χ2n) is 8.46. The quantitative estimate of drug-likeness (QED) is 0.323. The van der Waals surface area contributed by atoms with Crippen molar-refractivity contribution in [1.82, 2.24) is 0 Å². The molecule has 1 saturated carbocycles. The molecule has 0 aliphatic heterocycles. The van der Waals surface area contributed by atoms with Crippen LogP contribution in [0.4, 0.5) is 43.9 Å². The molecule has 0 atom stereocenters. The van der Waals surface area contributed by atoms with Gasteiger partial charge in [0.1, 0.15) is 11.6 Å². The summed E-state index contributed by atoms with van der Waals surface area (Å²) < 4.78 is 147. The van der Waals surface area contributed by atoms with Crippen molar-refractivity contribution in [1.29, 1.82) is 0 Å². The zero-order chi connectivity index (χ0) is 26.9. The van der Waals surface area contributed by atoms with Gasteiger partial charge in [0, 0.05) is 11.6 Å². The van der Waals surface area contributed by atoms with Crippen molar-refractivity contribution < 1.29 is 58.1 Å². The van der Waals surface area contributed by atoms with Crippen molar-refractivity contribution in [2.24, 2.45) is 5.92 Å². The number of rotatable bonds is 8. The van der Waals surface area contributed by atoms with E-state index in [9.17, 15) is 43.9 Å². The van der Waals surface area contributed by atoms with Crippen LogP contribution in [0.2, 0.25) is 0 Å². The molecule has 0 saturated heterocycles. The minimum atomic E-state index is -6.26. The molecular weight excluding hydrogens is 514 g/mol. The summed E-state index contributed by atoms with van der Waals surface area (Å²) in [7, 11) is 0. The summed E-state index contributed by atoms with van der Waals surface area (Å²) >= 11 is 0. The van der Waals surface area contributed by atoms with Crippen LogP contribution in [0.15, 0.2) is 30.3 Å². The van der Waals surface area contributed by atoms with Gasteiger partial charge in [0.25, 0.3) is 0 Å². The molecule has 0 bridgehead atoms. The monoisotopic (exact) mass is 534 g/mol. The van der Waals surface area contributed by atoms with E-state index < -0.39 is 65.1 Å². The molecule has 2 aromatic carbocycles. The first-order valence-corrected chi connectivity index (χ1v) is 10.7. The van der Waals surface area contributed by atoms with Crippen molar-refractivity contribution in [3.63, 3.8) is 0 Å². The molecule has 36 heavy (non-hydrogen) atoms. The Balaban J connectivity index is 1.72. The van der Waals surface area contributed by atoms with E-state index in [0.29, 0.717) is 24.8 Å². The van der Waals surface area contributed by atoms with Gasteiger partial charge in [-0.3, -0.25) is 0 Å². The van der Waals surface area contributed by atoms with Gasteiger partial charge in [0.15, 0.2) is 24.0 Å². The Hall–Kier alpha value is -2.70. The third-order valence-corrected chi connectivity index (χ3v) is 5.53. The van der Waals surface area contributed by atoms with Gasteiger partial charge < -0.3 is 14.2 Å². The van der Waals surface area contributed by atoms with Gasteiger partial charge in [-0.1, -0.05) is 6.92 Å². The SMILES string of the molecule is CC1CCC(OCC(F)(F)Oc2ccc(-c3cc(F)c(OC(F)(F)C(F)(F)F)c(F)c3)c(F)c2)CC1. The van der Waals surface area contributed by atoms with Crippen LogP contribution in [0.1, 0.15) is 32.6 Å². The zero-order valence-electron chi connectivity index (χ0n) is 18.6. The Bertz CT molecular complexity index is 1040. The summed E-state index contributed by atoms with van der Waals surface area (Å²) in [6.07, 6.45) is -13.4. The number of hydrogen-bond donors (Lipinski definition) is 0. The molecule has 0 spiro atoms. The van der Waals surface area contributed by atoms with Crippen LogP contribution in [0.25, 0.3) is 11.1 Å². The lowest BCUT2D eigenvalue weighted by atomic mass is 9.89. The summed E-state index contributed by atoms with van der Waals surface area (Å²) in [4.78, 5) is 0. The molecule has 0 amide bonds. The first kappa shape index (κ1) is 27.9. The topological polar surface area (TPSA) is 27.7 Å². The van der Waals surface area contributed by atoms with E-state index >= 15 is 0 Å². The molecule has 0 unspecified atom stereocenters. The van der Waals surface area contributed by atoms with Gasteiger partial charge in [-0.2, -0.15) is 30.7 Å². The summed E-state index contributed by atoms with van der Waals surface area (Å²) in [5.74, 6) is -7.45. The molecule has 1 fully saturated rings. The lowest BCUT2D eigenvalue weighted by Crippen LogP contribution is -2.42. The molecule has 0 radical (unpaired) electrons. The standard InChI is InChI=1S/C23H20F10O3/c1-12-2-4-14(5-3-12)34-11-21(27,28)35-15-6-7-16(17(24)10-15)13-8-18(25)20(19(26)9-13)36-23(32,33)22(29,30)31/h6-10,12,14H,2-5,11H2,1H3. The van der Waals surface area contributed by atoms with E-state index in [1.54, 1.807) is 0 Å². The maximum atomic E-state index is 14.5. The highest BCUT2D eigenvalue weighted by molar-refractivity contribution is 5.66. The van der Waals surface area contributed by atoms with E-state index in [4.69, 9.17) is 4.74 Å². The van der Waals surface area contributed by atoms with Gasteiger partial charge >= 0.3 is 18.4 Å². The van der Waals surface area contributed by atoms with Crippen LogP contribution in [0.5, 0.6) is 11.5 Å². The number of benzene rings is 2. The Morgan fingerprint density at radius 3 is 1.89 bits per heavy atom. The smallest absolute Gasteiger partial charge is 0.431 e. The Morgan fingerprint density at radius 2 is 1.36 bits per heavy atom. The highest BCUT2D eigenvalue weighted by atomic mass is 19.4. The van der Waals surface area contributed by atoms with Crippen molar-refractivity contribution >= 4 is 0 Å². The molecular formula is C23H20F10O3. The van der Waals surface area contributed by atoms with Crippen molar-refractivity contribution in [2.45, 2.75) is 57.1 Å². The minimum Gasteiger partial charge on any atom is -0.431 e. The fourth-order valence-corrected chi connectivity index (χ4v) is 3.61. The maximum Gasteiger partial charge on any atom is 0.499 e. The van der Waals surface area contributed by atoms with Crippen LogP contribution >= 0.6 is 0 Å². The van der Waals surface area contributed by atoms with Crippen LogP contribution in [-0.4, -0.2) is 31.1 Å². The van der Waals surface area contributed by atoms with Gasteiger partial charge in [0.05, 0.1) is 6.10 Å². The van der Waals surface area contributed by atoms with Gasteiger partial charge in [-0.25, -0.2) is 13.2 Å². The Morgan fingerprint density at radius 1 is 0.778 bits per heavy atom. The first-order chi connectivity index (χ1) is 16.6. The molecule has 2 aromatic rings. The van der Waals surface area contributed by atoms with E-state index in [-0.39, 0.29) is 18.2 Å². The van der Waals surface area contributed by atoms with Crippen molar-refractivity contribution in [2.75, 3.05) is 6.61 Å². The Labute approximate surface area is 198 Å². The zero-order valence-corrected chi connectivity index (χ0v) is 18.6. The van der Waals surface area contributed by atoms with E-state index in [0.717, 1.165) is 25.0 Å². The second kappa shape index (κ2) is 10.3. The van der Waals surface area contributed by atoms with Crippen molar-refractivity contribution in [3.05, 3.63) is 47.8 Å². The normalized spacial score (nSPS) is 19.3. The van der Waals surface area contributed by atoms with Crippen molar-refractivity contribution in [3.8, 4) is 22.6 Å². The number of ether oxygens (including phenoxy) is 3. The van der Waals surface area contributed by atoms with Gasteiger partial charge in [0.2, 0.25) is 0 Å². The van der Waals surface area contributed by atoms with Crippen LogP contribution < -0.4 is 9.47 Å². The maximum absolute atomic E-state index is 14.5. The predicted octanol–water partition coefficient (Wildman–Crippen LogP) is 7.87. The second-order valence-corrected chi connectivity index (χ2v) is 8.46. The molecule has 0 aromatic heterocycles. The molecule has 13 heteroatoms. The van der Waals surface area contributed by atoms with E-state index in [1.165, 1.54) is 0 Å². The summed E-state index contributed by atoms with van der Waals surface area (Å²) in [5.41, 5.74) is -1.21. The highest BCUT2D eigenvalue weighted by Crippen LogP contribution is 2.40. The van der Waals surface area contributed by atoms with Crippen LogP contribution in [0, 0.1) is 23.4 Å². The number of alkyl halides is 7. The largest absolute Gasteiger partial charge is 0.499 e. The highest BCUT2D eigenvalue weighted by Gasteiger charge is 2.61. The van der Waals surface area contributed by atoms with Gasteiger partial charge in [-0.05, 0) is 61.4 Å². The molecule has 1 aliphatic rings. The Kier molecular flexibility index (Phi) is 8.01. The average Bonchev–Trinajstić information content (AvgIpc) is 2.75. The first-order valence-electron chi connectivity index (χ1n) is 10.7. The van der Waals surface area contributed by atoms with Crippen LogP contribution in [-0.2, 0) is 4.74 Å². The molecule has 1 aliphatic carbocycles. The molecule has 200 valence electrons. The predicted molar refractivity (Wildman–Crippen MR) is 106 cm³/mol. The summed E-state index contributed by atoms with van der Waals surface area (Å²) in [5, 5.41) is 0. The summed E-state index contributed by atoms with van der Waals surface area (Å²) in [6, 6.07) is 2.65. The molecule has 3 nitrogen and oxygen atoms in total. The lowest BCUT2D eigenvalue weighted by molar-refractivity contribution is -0.361. The third kappa shape index (κ3) is 6.74. The van der Waals surface area contributed by atoms with E-state index in [2.05, 4.69) is 9.47 Å². The summed E-state index contributed by atoms with van der Waals surface area (Å²) in [6.45, 7) is 0.958. The molecule has 0 N–H and O–H groups in total. The lowest BCUT2D eigenvalue weighted by Gasteiger charge is -2.28. The molecule has 3 rings (SSSR count).